The highest BCUT2D eigenvalue weighted by Gasteiger charge is 2.75. The highest BCUT2D eigenvalue weighted by atomic mass is 16.3. The zero-order valence-electron chi connectivity index (χ0n) is 62.4. The predicted molar refractivity (Wildman–Crippen MR) is 397 cm³/mol. The number of fused-ring (bicyclic) bond motifs is 4. The van der Waals surface area contributed by atoms with Gasteiger partial charge in [0.25, 0.3) is 0 Å². The molecular weight excluding hydrogens is 1300 g/mol. The SMILES string of the molecule is CC1=CCc2ccc3c4c(cn3C)C(C)(C)[C@@H]3C[C@@]1(O)[C@@](C=O)(C3=O)c24.CC1=CCc2ccc3c4c(cn3C)C(C)(C)[C@@H]3C[C@@]1(O)[C@@](C=O)(C3=O)c24.CC1=CCc2ccc3c4c(cn3C)C(C)(C)[C@H]3C[C@]1(O)[C@](C=O)(C3=O)c24.CC1=CCc2ccc3c4c(cn3C)C(C)(C)[C@H]3C[C@]1(O)[C@](C=O)(C3=O)c24. The lowest BCUT2D eigenvalue weighted by Gasteiger charge is -2.39. The Bertz CT molecular complexity index is 4910. The number of ketones is 4. The van der Waals surface area contributed by atoms with Crippen molar-refractivity contribution in [2.45, 2.75) is 200 Å². The van der Waals surface area contributed by atoms with Crippen LogP contribution in [0.25, 0.3) is 43.6 Å². The summed E-state index contributed by atoms with van der Waals surface area (Å²) in [6.07, 6.45) is 23.0. The van der Waals surface area contributed by atoms with Gasteiger partial charge in [0.1, 0.15) is 69.2 Å². The van der Waals surface area contributed by atoms with Crippen molar-refractivity contribution in [2.75, 3.05) is 0 Å². The van der Waals surface area contributed by atoms with E-state index in [1.807, 2.05) is 104 Å². The van der Waals surface area contributed by atoms with Crippen molar-refractivity contribution in [1.29, 1.82) is 0 Å². The molecule has 104 heavy (non-hydrogen) atoms. The first kappa shape index (κ1) is 68.3. The van der Waals surface area contributed by atoms with Crippen LogP contribution in [-0.4, -0.2) is 109 Å². The van der Waals surface area contributed by atoms with Gasteiger partial charge in [-0.2, -0.15) is 0 Å². The van der Waals surface area contributed by atoms with E-state index in [1.165, 1.54) is 0 Å². The van der Waals surface area contributed by atoms with Crippen LogP contribution in [0.4, 0.5) is 0 Å². The maximum absolute atomic E-state index is 13.7. The number of aromatic nitrogens is 4. The van der Waals surface area contributed by atoms with Crippen molar-refractivity contribution < 1.29 is 58.8 Å². The van der Waals surface area contributed by atoms with Crippen LogP contribution in [-0.2, 0) is 136 Å². The van der Waals surface area contributed by atoms with E-state index in [-0.39, 0.29) is 23.1 Å². The van der Waals surface area contributed by atoms with Crippen molar-refractivity contribution in [3.63, 3.8) is 0 Å². The van der Waals surface area contributed by atoms with Crippen LogP contribution in [0.1, 0.15) is 176 Å². The number of aliphatic hydroxyl groups is 4. The molecular formula is C88H92N4O12. The first-order valence-electron chi connectivity index (χ1n) is 36.9. The molecule has 0 unspecified atom stereocenters. The van der Waals surface area contributed by atoms with E-state index >= 15 is 0 Å². The van der Waals surface area contributed by atoms with Crippen molar-refractivity contribution in [3.8, 4) is 0 Å². The molecule has 0 spiro atoms. The Kier molecular flexibility index (Phi) is 13.5. The molecule has 8 aromatic rings. The quantitative estimate of drug-likeness (QED) is 0.0731. The molecule has 0 amide bonds. The molecule has 0 radical (unpaired) electrons. The summed E-state index contributed by atoms with van der Waals surface area (Å²) in [6, 6.07) is 16.4. The number of aryl methyl sites for hydroxylation is 4. The van der Waals surface area contributed by atoms with E-state index < -0.39 is 89.4 Å². The number of nitrogens with zero attached hydrogens (tertiary/aromatic N) is 4. The summed E-state index contributed by atoms with van der Waals surface area (Å²) in [4.78, 5) is 106. The van der Waals surface area contributed by atoms with Gasteiger partial charge in [0.15, 0.2) is 23.1 Å². The average Bonchev–Trinajstić information content (AvgIpc) is 1.52. The zero-order valence-corrected chi connectivity index (χ0v) is 62.4. The van der Waals surface area contributed by atoms with E-state index in [1.54, 1.807) is 0 Å². The number of rotatable bonds is 4. The first-order chi connectivity index (χ1) is 48.8. The lowest BCUT2D eigenvalue weighted by atomic mass is 9.65. The van der Waals surface area contributed by atoms with Crippen LogP contribution in [0, 0.1) is 23.7 Å². The molecule has 4 heterocycles. The lowest BCUT2D eigenvalue weighted by Crippen LogP contribution is -2.53. The fourth-order valence-electron chi connectivity index (χ4n) is 23.5. The topological polar surface area (TPSA) is 237 Å². The molecule has 8 bridgehead atoms. The van der Waals surface area contributed by atoms with Gasteiger partial charge in [0.05, 0.1) is 0 Å². The Morgan fingerprint density at radius 1 is 0.327 bits per heavy atom. The Labute approximate surface area is 604 Å². The first-order valence-corrected chi connectivity index (χ1v) is 36.9. The van der Waals surface area contributed by atoms with Crippen molar-refractivity contribution in [2.24, 2.45) is 51.9 Å². The number of hydrogen-bond donors (Lipinski definition) is 4. The highest BCUT2D eigenvalue weighted by molar-refractivity contribution is 6.20. The fraction of sp³-hybridized carbons (Fsp3) is 0.455. The minimum atomic E-state index is -1.51. The van der Waals surface area contributed by atoms with Gasteiger partial charge in [-0.15, -0.1) is 0 Å². The molecule has 12 aliphatic carbocycles. The molecule has 16 heteroatoms. The summed E-state index contributed by atoms with van der Waals surface area (Å²) in [7, 11) is 8.00. The van der Waals surface area contributed by atoms with Gasteiger partial charge in [0, 0.05) is 142 Å². The zero-order chi connectivity index (χ0) is 74.6. The van der Waals surface area contributed by atoms with Gasteiger partial charge >= 0.3 is 0 Å². The van der Waals surface area contributed by atoms with Crippen LogP contribution in [0.2, 0.25) is 0 Å². The number of hydrogen-bond acceptors (Lipinski definition) is 12. The number of carbonyl (C=O) groups excluding carboxylic acids is 8. The third-order valence-electron chi connectivity index (χ3n) is 30.1. The molecule has 0 aliphatic heterocycles. The molecule has 4 N–H and O–H groups in total. The van der Waals surface area contributed by atoms with Gasteiger partial charge < -0.3 is 57.9 Å². The lowest BCUT2D eigenvalue weighted by molar-refractivity contribution is -0.136. The van der Waals surface area contributed by atoms with Gasteiger partial charge in [0.2, 0.25) is 0 Å². The van der Waals surface area contributed by atoms with Gasteiger partial charge in [-0.05, 0) is 192 Å². The summed E-state index contributed by atoms with van der Waals surface area (Å²) < 4.78 is 8.30. The number of Topliss-reactive ketones (excluding diaryl/α,β-unsaturated/α-hetero) is 4. The second kappa shape index (κ2) is 20.6. The van der Waals surface area contributed by atoms with E-state index in [9.17, 15) is 58.8 Å². The molecule has 16 nitrogen and oxygen atoms in total. The smallest absolute Gasteiger partial charge is 0.157 e. The fourth-order valence-corrected chi connectivity index (χ4v) is 23.5. The van der Waals surface area contributed by atoms with Gasteiger partial charge in [-0.1, -0.05) is 104 Å². The van der Waals surface area contributed by atoms with Crippen LogP contribution in [0.5, 0.6) is 0 Å². The Morgan fingerprint density at radius 3 is 0.683 bits per heavy atom. The van der Waals surface area contributed by atoms with Crippen molar-refractivity contribution >= 4 is 91.9 Å². The van der Waals surface area contributed by atoms with Crippen LogP contribution in [0.3, 0.4) is 0 Å². The second-order valence-corrected chi connectivity index (χ2v) is 35.5. The van der Waals surface area contributed by atoms with Crippen LogP contribution < -0.4 is 0 Å². The summed E-state index contributed by atoms with van der Waals surface area (Å²) in [5.74, 6) is -2.08. The standard InChI is InChI=1S/4C22H23NO3/c4*1-12-5-6-13-7-8-16-17-15(10-23(16)4)20(2,3)14-9-22(12,26)21(11-24,18(13)17)19(14)25/h4*5,7-8,10-11,14,26H,6,9H2,1-4H3/t4*14-,21-,22+/m1100/s1. The molecule has 4 saturated carbocycles. The predicted octanol–water partition coefficient (Wildman–Crippen LogP) is 10.9. The Hall–Kier alpha value is -8.80. The molecule has 12 aliphatic rings. The molecule has 0 saturated heterocycles. The number of benzene rings is 4. The van der Waals surface area contributed by atoms with Crippen molar-refractivity contribution in [1.82, 2.24) is 18.3 Å². The monoisotopic (exact) mass is 1400 g/mol. The minimum Gasteiger partial charge on any atom is -0.384 e. The third-order valence-corrected chi connectivity index (χ3v) is 30.1. The second-order valence-electron chi connectivity index (χ2n) is 35.5. The summed E-state index contributed by atoms with van der Waals surface area (Å²) in [6.45, 7) is 24.0. The molecule has 536 valence electrons. The third kappa shape index (κ3) is 7.22. The average molecular weight is 1400 g/mol. The number of carbonyl (C=O) groups is 8. The summed E-state index contributed by atoms with van der Waals surface area (Å²) >= 11 is 0. The largest absolute Gasteiger partial charge is 0.384 e. The number of allylic oxidation sites excluding steroid dienone is 4. The van der Waals surface area contributed by atoms with Crippen LogP contribution >= 0.6 is 0 Å². The van der Waals surface area contributed by atoms with Crippen molar-refractivity contribution in [3.05, 3.63) is 187 Å². The maximum atomic E-state index is 13.7. The van der Waals surface area contributed by atoms with Gasteiger partial charge in [-0.3, -0.25) is 19.2 Å². The van der Waals surface area contributed by atoms with E-state index in [0.29, 0.717) is 51.4 Å². The molecule has 12 atom stereocenters. The summed E-state index contributed by atoms with van der Waals surface area (Å²) in [5.41, 5.74) is 4.66. The van der Waals surface area contributed by atoms with Gasteiger partial charge in [-0.25, -0.2) is 0 Å². The normalized spacial score (nSPS) is 34.0. The van der Waals surface area contributed by atoms with E-state index in [2.05, 4.69) is 123 Å². The Balaban J connectivity index is 0.000000103. The molecule has 20 rings (SSSR count). The maximum Gasteiger partial charge on any atom is 0.157 e. The highest BCUT2D eigenvalue weighted by Crippen LogP contribution is 2.67. The number of aldehydes is 4. The molecule has 4 aromatic carbocycles. The minimum absolute atomic E-state index is 0.123. The van der Waals surface area contributed by atoms with E-state index in [0.717, 1.165) is 158 Å². The Morgan fingerprint density at radius 2 is 0.510 bits per heavy atom. The van der Waals surface area contributed by atoms with E-state index in [4.69, 9.17) is 0 Å². The molecule has 4 fully saturated rings. The van der Waals surface area contributed by atoms with Crippen LogP contribution in [0.15, 0.2) is 120 Å². The molecule has 4 aromatic heterocycles. The summed E-state index contributed by atoms with van der Waals surface area (Å²) in [5, 5.41) is 51.1.